The van der Waals surface area contributed by atoms with E-state index < -0.39 is 0 Å². The van der Waals surface area contributed by atoms with Gasteiger partial charge in [0.25, 0.3) is 5.91 Å². The molecule has 0 spiro atoms. The van der Waals surface area contributed by atoms with E-state index in [0.29, 0.717) is 17.8 Å². The molecule has 2 aromatic rings. The first kappa shape index (κ1) is 16.5. The molecule has 23 heavy (non-hydrogen) atoms. The van der Waals surface area contributed by atoms with Crippen LogP contribution in [0.5, 0.6) is 0 Å². The van der Waals surface area contributed by atoms with Crippen molar-refractivity contribution in [3.63, 3.8) is 0 Å². The van der Waals surface area contributed by atoms with Gasteiger partial charge in [-0.1, -0.05) is 42.0 Å². The molecule has 0 saturated heterocycles. The highest BCUT2D eigenvalue weighted by Crippen LogP contribution is 2.15. The van der Waals surface area contributed by atoms with E-state index in [1.165, 1.54) is 10.5 Å². The molecular formula is C18H21N3O2. The van der Waals surface area contributed by atoms with Crippen molar-refractivity contribution in [2.24, 2.45) is 0 Å². The van der Waals surface area contributed by atoms with Crippen molar-refractivity contribution in [3.05, 3.63) is 65.2 Å². The normalized spacial score (nSPS) is 10.0. The van der Waals surface area contributed by atoms with E-state index in [2.05, 4.69) is 10.6 Å². The van der Waals surface area contributed by atoms with Crippen molar-refractivity contribution in [3.8, 4) is 0 Å². The van der Waals surface area contributed by atoms with Crippen LogP contribution >= 0.6 is 0 Å². The van der Waals surface area contributed by atoms with Crippen LogP contribution in [0.25, 0.3) is 0 Å². The molecule has 5 nitrogen and oxygen atoms in total. The van der Waals surface area contributed by atoms with E-state index >= 15 is 0 Å². The van der Waals surface area contributed by atoms with E-state index in [0.717, 1.165) is 5.56 Å². The van der Waals surface area contributed by atoms with Crippen molar-refractivity contribution in [2.45, 2.75) is 13.5 Å². The van der Waals surface area contributed by atoms with Crippen LogP contribution in [0.2, 0.25) is 0 Å². The van der Waals surface area contributed by atoms with Gasteiger partial charge in [-0.25, -0.2) is 4.79 Å². The Morgan fingerprint density at radius 3 is 2.30 bits per heavy atom. The van der Waals surface area contributed by atoms with E-state index in [1.54, 1.807) is 38.4 Å². The molecule has 0 atom stereocenters. The average molecular weight is 311 g/mol. The molecule has 2 aromatic carbocycles. The summed E-state index contributed by atoms with van der Waals surface area (Å²) in [6, 6.07) is 14.7. The number of carbonyl (C=O) groups excluding carboxylic acids is 2. The maximum absolute atomic E-state index is 12.4. The minimum absolute atomic E-state index is 0.222. The molecule has 0 fully saturated rings. The van der Waals surface area contributed by atoms with E-state index in [-0.39, 0.29) is 11.9 Å². The molecule has 5 heteroatoms. The number of para-hydroxylation sites is 1. The molecule has 0 aliphatic rings. The predicted octanol–water partition coefficient (Wildman–Crippen LogP) is 3.02. The third-order valence-electron chi connectivity index (χ3n) is 3.39. The quantitative estimate of drug-likeness (QED) is 0.912. The van der Waals surface area contributed by atoms with Crippen molar-refractivity contribution < 1.29 is 9.59 Å². The Morgan fingerprint density at radius 1 is 1.00 bits per heavy atom. The third-order valence-corrected chi connectivity index (χ3v) is 3.39. The Hall–Kier alpha value is -2.82. The number of benzene rings is 2. The number of rotatable bonds is 4. The Balaban J connectivity index is 2.07. The summed E-state index contributed by atoms with van der Waals surface area (Å²) in [6.45, 7) is 2.46. The standard InChI is InChI=1S/C18H21N3O2/c1-13-8-10-14(11-9-13)12-19-17(22)15-6-4-5-7-16(15)20-18(23)21(2)3/h4-11H,12H2,1-3H3,(H,19,22)(H,20,23). The van der Waals surface area contributed by atoms with Crippen LogP contribution in [-0.2, 0) is 6.54 Å². The van der Waals surface area contributed by atoms with Gasteiger partial charge in [0.15, 0.2) is 0 Å². The van der Waals surface area contributed by atoms with Crippen LogP contribution in [0, 0.1) is 6.92 Å². The van der Waals surface area contributed by atoms with Crippen molar-refractivity contribution in [1.82, 2.24) is 10.2 Å². The lowest BCUT2D eigenvalue weighted by atomic mass is 10.1. The van der Waals surface area contributed by atoms with E-state index in [4.69, 9.17) is 0 Å². The summed E-state index contributed by atoms with van der Waals surface area (Å²) < 4.78 is 0. The van der Waals surface area contributed by atoms with Crippen molar-refractivity contribution in [2.75, 3.05) is 19.4 Å². The number of hydrogen-bond acceptors (Lipinski definition) is 2. The first-order chi connectivity index (χ1) is 11.0. The lowest BCUT2D eigenvalue weighted by Crippen LogP contribution is -2.29. The van der Waals surface area contributed by atoms with Gasteiger partial charge in [0.05, 0.1) is 11.3 Å². The van der Waals surface area contributed by atoms with Crippen LogP contribution in [0.4, 0.5) is 10.5 Å². The second-order valence-corrected chi connectivity index (χ2v) is 5.54. The molecule has 2 rings (SSSR count). The fourth-order valence-electron chi connectivity index (χ4n) is 2.00. The summed E-state index contributed by atoms with van der Waals surface area (Å²) in [7, 11) is 3.30. The number of anilines is 1. The Bertz CT molecular complexity index is 694. The average Bonchev–Trinajstić information content (AvgIpc) is 2.54. The Morgan fingerprint density at radius 2 is 1.65 bits per heavy atom. The SMILES string of the molecule is Cc1ccc(CNC(=O)c2ccccc2NC(=O)N(C)C)cc1. The van der Waals surface area contributed by atoms with Gasteiger partial charge in [-0.05, 0) is 24.6 Å². The summed E-state index contributed by atoms with van der Waals surface area (Å²) >= 11 is 0. The lowest BCUT2D eigenvalue weighted by Gasteiger charge is -2.15. The minimum atomic E-state index is -0.274. The third kappa shape index (κ3) is 4.57. The number of nitrogens with zero attached hydrogens (tertiary/aromatic N) is 1. The van der Waals surface area contributed by atoms with Gasteiger partial charge in [-0.15, -0.1) is 0 Å². The van der Waals surface area contributed by atoms with Crippen molar-refractivity contribution >= 4 is 17.6 Å². The zero-order chi connectivity index (χ0) is 16.8. The smallest absolute Gasteiger partial charge is 0.321 e. The molecule has 0 radical (unpaired) electrons. The highest BCUT2D eigenvalue weighted by atomic mass is 16.2. The maximum atomic E-state index is 12.4. The molecule has 2 N–H and O–H groups in total. The van der Waals surface area contributed by atoms with Crippen LogP contribution in [-0.4, -0.2) is 30.9 Å². The second-order valence-electron chi connectivity index (χ2n) is 5.54. The van der Waals surface area contributed by atoms with Gasteiger partial charge in [-0.3, -0.25) is 4.79 Å². The minimum Gasteiger partial charge on any atom is -0.348 e. The zero-order valence-electron chi connectivity index (χ0n) is 13.6. The summed E-state index contributed by atoms with van der Waals surface area (Å²) in [6.07, 6.45) is 0. The van der Waals surface area contributed by atoms with Crippen LogP contribution in [0.3, 0.4) is 0 Å². The molecule has 120 valence electrons. The topological polar surface area (TPSA) is 61.4 Å². The molecule has 0 saturated carbocycles. The molecule has 0 heterocycles. The first-order valence-electron chi connectivity index (χ1n) is 7.38. The molecule has 0 bridgehead atoms. The van der Waals surface area contributed by atoms with Gasteiger partial charge >= 0.3 is 6.03 Å². The second kappa shape index (κ2) is 7.45. The number of aryl methyl sites for hydroxylation is 1. The predicted molar refractivity (Wildman–Crippen MR) is 91.5 cm³/mol. The molecular weight excluding hydrogens is 290 g/mol. The lowest BCUT2D eigenvalue weighted by molar-refractivity contribution is 0.0952. The van der Waals surface area contributed by atoms with Crippen LogP contribution in [0.1, 0.15) is 21.5 Å². The van der Waals surface area contributed by atoms with Gasteiger partial charge in [0.1, 0.15) is 0 Å². The highest BCUT2D eigenvalue weighted by Gasteiger charge is 2.13. The number of nitrogens with one attached hydrogen (secondary N) is 2. The zero-order valence-corrected chi connectivity index (χ0v) is 13.6. The van der Waals surface area contributed by atoms with Gasteiger partial charge in [0.2, 0.25) is 0 Å². The summed E-state index contributed by atoms with van der Waals surface area (Å²) in [5.41, 5.74) is 3.14. The molecule has 0 unspecified atom stereocenters. The molecule has 0 aromatic heterocycles. The molecule has 0 aliphatic heterocycles. The monoisotopic (exact) mass is 311 g/mol. The Kier molecular flexibility index (Phi) is 5.36. The largest absolute Gasteiger partial charge is 0.348 e. The number of urea groups is 1. The van der Waals surface area contributed by atoms with Gasteiger partial charge < -0.3 is 15.5 Å². The number of hydrogen-bond donors (Lipinski definition) is 2. The summed E-state index contributed by atoms with van der Waals surface area (Å²) in [5, 5.41) is 5.60. The first-order valence-corrected chi connectivity index (χ1v) is 7.38. The molecule has 3 amide bonds. The van der Waals surface area contributed by atoms with Gasteiger partial charge in [0, 0.05) is 20.6 Å². The van der Waals surface area contributed by atoms with Crippen molar-refractivity contribution in [1.29, 1.82) is 0 Å². The van der Waals surface area contributed by atoms with E-state index in [1.807, 2.05) is 31.2 Å². The Labute approximate surface area is 136 Å². The maximum Gasteiger partial charge on any atom is 0.321 e. The highest BCUT2D eigenvalue weighted by molar-refractivity contribution is 6.03. The fourth-order valence-corrected chi connectivity index (χ4v) is 2.00. The number of carbonyl (C=O) groups is 2. The molecule has 0 aliphatic carbocycles. The van der Waals surface area contributed by atoms with E-state index in [9.17, 15) is 9.59 Å². The van der Waals surface area contributed by atoms with Gasteiger partial charge in [-0.2, -0.15) is 0 Å². The van der Waals surface area contributed by atoms with Crippen LogP contribution < -0.4 is 10.6 Å². The number of amides is 3. The summed E-state index contributed by atoms with van der Waals surface area (Å²) in [5.74, 6) is -0.222. The fraction of sp³-hybridized carbons (Fsp3) is 0.222. The van der Waals surface area contributed by atoms with Crippen LogP contribution in [0.15, 0.2) is 48.5 Å². The summed E-state index contributed by atoms with van der Waals surface area (Å²) in [4.78, 5) is 25.6.